The fourth-order valence-electron chi connectivity index (χ4n) is 6.09. The molecule has 1 saturated heterocycles. The predicted molar refractivity (Wildman–Crippen MR) is 185 cm³/mol. The lowest BCUT2D eigenvalue weighted by Gasteiger charge is -2.36. The molecule has 250 valence electrons. The lowest BCUT2D eigenvalue weighted by atomic mass is 9.82. The summed E-state index contributed by atoms with van der Waals surface area (Å²) in [7, 11) is 0.679. The lowest BCUT2D eigenvalue weighted by Crippen LogP contribution is -2.46. The van der Waals surface area contributed by atoms with Crippen LogP contribution in [0.5, 0.6) is 0 Å². The SMILES string of the molecule is CCC(C)=C(NC(OC)C(C)(C)c1ccccc1)c1cn(Cc2ccc(C(F)F)cc2)c2cc(N3CCS(=O)CC3)c(F)cc2c1=O. The lowest BCUT2D eigenvalue weighted by molar-refractivity contribution is 0.0319. The summed E-state index contributed by atoms with van der Waals surface area (Å²) in [5, 5.41) is 3.74. The van der Waals surface area contributed by atoms with E-state index in [4.69, 9.17) is 4.74 Å². The number of hydrogen-bond acceptors (Lipinski definition) is 5. The van der Waals surface area contributed by atoms with Gasteiger partial charge in [-0.05, 0) is 42.2 Å². The molecule has 47 heavy (non-hydrogen) atoms. The summed E-state index contributed by atoms with van der Waals surface area (Å²) in [4.78, 5) is 16.2. The number of allylic oxidation sites excluding steroid dienone is 1. The van der Waals surface area contributed by atoms with Gasteiger partial charge in [0.2, 0.25) is 0 Å². The molecule has 0 bridgehead atoms. The van der Waals surface area contributed by atoms with Crippen LogP contribution in [0, 0.1) is 5.82 Å². The summed E-state index contributed by atoms with van der Waals surface area (Å²) in [5.41, 5.74) is 3.60. The van der Waals surface area contributed by atoms with Crippen molar-refractivity contribution in [2.75, 3.05) is 36.6 Å². The molecule has 3 aromatic carbocycles. The second-order valence-electron chi connectivity index (χ2n) is 12.6. The molecular weight excluding hydrogens is 623 g/mol. The van der Waals surface area contributed by atoms with E-state index in [0.29, 0.717) is 53.5 Å². The topological polar surface area (TPSA) is 63.6 Å². The number of alkyl halides is 2. The summed E-state index contributed by atoms with van der Waals surface area (Å²) in [6, 6.07) is 19.0. The Balaban J connectivity index is 1.67. The van der Waals surface area contributed by atoms with Gasteiger partial charge in [-0.1, -0.05) is 75.4 Å². The molecule has 0 radical (unpaired) electrons. The minimum atomic E-state index is -2.59. The zero-order valence-electron chi connectivity index (χ0n) is 27.5. The molecule has 1 aromatic heterocycles. The average Bonchev–Trinajstić information content (AvgIpc) is 3.07. The number of hydrogen-bond donors (Lipinski definition) is 1. The maximum absolute atomic E-state index is 15.8. The molecule has 5 rings (SSSR count). The molecule has 1 fully saturated rings. The zero-order chi connectivity index (χ0) is 33.9. The van der Waals surface area contributed by atoms with E-state index >= 15 is 4.39 Å². The van der Waals surface area contributed by atoms with Crippen molar-refractivity contribution in [1.82, 2.24) is 9.88 Å². The van der Waals surface area contributed by atoms with Crippen LogP contribution >= 0.6 is 0 Å². The van der Waals surface area contributed by atoms with Crippen LogP contribution in [0.15, 0.2) is 83.3 Å². The Bertz CT molecular complexity index is 1830. The molecule has 1 aliphatic heterocycles. The summed E-state index contributed by atoms with van der Waals surface area (Å²) < 4.78 is 62.4. The maximum Gasteiger partial charge on any atom is 0.263 e. The number of aromatic nitrogens is 1. The highest BCUT2D eigenvalue weighted by Gasteiger charge is 2.33. The minimum absolute atomic E-state index is 0.0781. The fourth-order valence-corrected chi connectivity index (χ4v) is 7.14. The van der Waals surface area contributed by atoms with Crippen LogP contribution in [0.1, 0.15) is 62.8 Å². The van der Waals surface area contributed by atoms with Crippen molar-refractivity contribution in [2.45, 2.75) is 58.7 Å². The third-order valence-corrected chi connectivity index (χ3v) is 10.4. The quantitative estimate of drug-likeness (QED) is 0.170. The predicted octanol–water partition coefficient (Wildman–Crippen LogP) is 7.38. The summed E-state index contributed by atoms with van der Waals surface area (Å²) in [5.74, 6) is 0.351. The van der Waals surface area contributed by atoms with Gasteiger partial charge in [0.05, 0.1) is 16.8 Å². The minimum Gasteiger partial charge on any atom is -0.367 e. The van der Waals surface area contributed by atoms with Crippen LogP contribution in [0.2, 0.25) is 0 Å². The largest absolute Gasteiger partial charge is 0.367 e. The van der Waals surface area contributed by atoms with Crippen LogP contribution in [0.25, 0.3) is 16.6 Å². The first kappa shape index (κ1) is 34.4. The van der Waals surface area contributed by atoms with E-state index in [1.165, 1.54) is 18.2 Å². The van der Waals surface area contributed by atoms with Crippen molar-refractivity contribution in [2.24, 2.45) is 0 Å². The summed E-state index contributed by atoms with van der Waals surface area (Å²) in [6.45, 7) is 9.22. The van der Waals surface area contributed by atoms with E-state index in [1.807, 2.05) is 53.6 Å². The van der Waals surface area contributed by atoms with E-state index in [0.717, 1.165) is 16.7 Å². The number of ether oxygens (including phenoxy) is 1. The first-order valence-corrected chi connectivity index (χ1v) is 17.3. The Kier molecular flexibility index (Phi) is 10.6. The molecule has 0 amide bonds. The number of benzene rings is 3. The van der Waals surface area contributed by atoms with E-state index in [1.54, 1.807) is 31.5 Å². The normalized spacial score (nSPS) is 15.6. The van der Waals surface area contributed by atoms with Crippen LogP contribution in [0.4, 0.5) is 18.9 Å². The van der Waals surface area contributed by atoms with Gasteiger partial charge in [0.1, 0.15) is 12.0 Å². The smallest absolute Gasteiger partial charge is 0.263 e. The average molecular weight is 666 g/mol. The van der Waals surface area contributed by atoms with Gasteiger partial charge in [0.25, 0.3) is 6.43 Å². The number of nitrogens with one attached hydrogen (secondary N) is 1. The highest BCUT2D eigenvalue weighted by atomic mass is 32.2. The van der Waals surface area contributed by atoms with Gasteiger partial charge in [0, 0.05) is 77.3 Å². The molecule has 0 spiro atoms. The van der Waals surface area contributed by atoms with E-state index in [-0.39, 0.29) is 22.9 Å². The molecule has 10 heteroatoms. The molecule has 1 atom stereocenters. The Morgan fingerprint density at radius 3 is 2.30 bits per heavy atom. The number of nitrogens with zero attached hydrogens (tertiary/aromatic N) is 2. The van der Waals surface area contributed by atoms with E-state index < -0.39 is 34.7 Å². The van der Waals surface area contributed by atoms with E-state index in [9.17, 15) is 17.8 Å². The Morgan fingerprint density at radius 1 is 1.04 bits per heavy atom. The molecule has 6 nitrogen and oxygen atoms in total. The van der Waals surface area contributed by atoms with Gasteiger partial charge in [0.15, 0.2) is 5.43 Å². The third kappa shape index (κ3) is 7.33. The molecule has 4 aromatic rings. The number of fused-ring (bicyclic) bond motifs is 1. The van der Waals surface area contributed by atoms with Crippen molar-refractivity contribution in [3.63, 3.8) is 0 Å². The van der Waals surface area contributed by atoms with Crippen molar-refractivity contribution in [3.8, 4) is 0 Å². The monoisotopic (exact) mass is 665 g/mol. The molecular formula is C37H42F3N3O3S. The Labute approximate surface area is 276 Å². The first-order valence-electron chi connectivity index (χ1n) is 15.8. The number of methoxy groups -OCH3 is 1. The van der Waals surface area contributed by atoms with Crippen LogP contribution in [-0.4, -0.2) is 46.7 Å². The van der Waals surface area contributed by atoms with E-state index in [2.05, 4.69) is 19.2 Å². The summed E-state index contributed by atoms with van der Waals surface area (Å²) in [6.07, 6.45) is -0.711. The highest BCUT2D eigenvalue weighted by molar-refractivity contribution is 7.85. The second-order valence-corrected chi connectivity index (χ2v) is 14.3. The Hall–Kier alpha value is -3.89. The van der Waals surface area contributed by atoms with Crippen molar-refractivity contribution in [3.05, 3.63) is 117 Å². The zero-order valence-corrected chi connectivity index (χ0v) is 28.3. The van der Waals surface area contributed by atoms with Crippen molar-refractivity contribution >= 4 is 33.1 Å². The first-order chi connectivity index (χ1) is 22.4. The highest BCUT2D eigenvalue weighted by Crippen LogP contribution is 2.32. The van der Waals surface area contributed by atoms with Gasteiger partial charge < -0.3 is 19.5 Å². The number of pyridine rings is 1. The second kappa shape index (κ2) is 14.5. The van der Waals surface area contributed by atoms with Crippen molar-refractivity contribution in [1.29, 1.82) is 0 Å². The van der Waals surface area contributed by atoms with Gasteiger partial charge in [-0.15, -0.1) is 0 Å². The maximum atomic E-state index is 15.8. The molecule has 1 unspecified atom stereocenters. The molecule has 1 N–H and O–H groups in total. The van der Waals surface area contributed by atoms with Crippen LogP contribution < -0.4 is 15.6 Å². The molecule has 0 saturated carbocycles. The van der Waals surface area contributed by atoms with Crippen LogP contribution in [-0.2, 0) is 27.5 Å². The van der Waals surface area contributed by atoms with Crippen molar-refractivity contribution < 1.29 is 22.1 Å². The molecule has 1 aliphatic rings. The van der Waals surface area contributed by atoms with Gasteiger partial charge >= 0.3 is 0 Å². The summed E-state index contributed by atoms with van der Waals surface area (Å²) >= 11 is 0. The molecule has 2 heterocycles. The van der Waals surface area contributed by atoms with Crippen LogP contribution in [0.3, 0.4) is 0 Å². The van der Waals surface area contributed by atoms with Gasteiger partial charge in [-0.3, -0.25) is 9.00 Å². The molecule has 0 aliphatic carbocycles. The Morgan fingerprint density at radius 2 is 1.70 bits per heavy atom. The van der Waals surface area contributed by atoms with Gasteiger partial charge in [-0.25, -0.2) is 13.2 Å². The number of anilines is 1. The van der Waals surface area contributed by atoms with Gasteiger partial charge in [-0.2, -0.15) is 0 Å². The number of halogens is 3. The standard InChI is InChI=1S/C37H42F3N3O3S/c1-6-24(2)33(41-36(46-5)37(3,4)27-10-8-7-9-11-27)29-23-43(22-25-12-14-26(15-13-25)35(39)40)31-21-32(30(38)20-28(31)34(29)44)42-16-18-47(45)19-17-42/h7-15,20-21,23,35-36,41H,6,16-19,22H2,1-5H3. The fraction of sp³-hybridized carbons (Fsp3) is 0.378. The number of rotatable bonds is 11. The third-order valence-electron chi connectivity index (χ3n) is 9.16.